The molecule has 2 aliphatic rings. The van der Waals surface area contributed by atoms with Crippen molar-refractivity contribution in [3.8, 4) is 0 Å². The molecule has 4 nitrogen and oxygen atoms in total. The molecule has 0 unspecified atom stereocenters. The summed E-state index contributed by atoms with van der Waals surface area (Å²) in [5.74, 6) is 0. The van der Waals surface area contributed by atoms with Crippen LogP contribution >= 0.6 is 0 Å². The number of hydrogen-bond donors (Lipinski definition) is 1. The van der Waals surface area contributed by atoms with E-state index in [9.17, 15) is 8.42 Å². The summed E-state index contributed by atoms with van der Waals surface area (Å²) in [6.07, 6.45) is 7.38. The third-order valence-corrected chi connectivity index (χ3v) is 6.44. The van der Waals surface area contributed by atoms with Crippen LogP contribution in [0.3, 0.4) is 0 Å². The summed E-state index contributed by atoms with van der Waals surface area (Å²) >= 11 is 0. The van der Waals surface area contributed by atoms with Crippen molar-refractivity contribution in [1.82, 2.24) is 0 Å². The first-order valence-corrected chi connectivity index (χ1v) is 9.56. The SMILES string of the molecule is O=S(=O)(Nc1cccc(N2CCCCC2)c1)C1CCCC1. The van der Waals surface area contributed by atoms with Gasteiger partial charge < -0.3 is 4.90 Å². The molecule has 0 amide bonds. The Kier molecular flexibility index (Phi) is 4.38. The molecule has 1 aliphatic heterocycles. The van der Waals surface area contributed by atoms with Crippen LogP contribution in [-0.2, 0) is 10.0 Å². The van der Waals surface area contributed by atoms with Crippen molar-refractivity contribution >= 4 is 21.4 Å². The highest BCUT2D eigenvalue weighted by molar-refractivity contribution is 7.93. The van der Waals surface area contributed by atoms with Gasteiger partial charge in [0, 0.05) is 18.8 Å². The number of anilines is 2. The lowest BCUT2D eigenvalue weighted by atomic mass is 10.1. The number of sulfonamides is 1. The van der Waals surface area contributed by atoms with Crippen LogP contribution in [0, 0.1) is 0 Å². The summed E-state index contributed by atoms with van der Waals surface area (Å²) in [7, 11) is -3.23. The molecular weight excluding hydrogens is 284 g/mol. The Balaban J connectivity index is 1.73. The lowest BCUT2D eigenvalue weighted by Gasteiger charge is -2.29. The van der Waals surface area contributed by atoms with Crippen molar-refractivity contribution in [2.24, 2.45) is 0 Å². The fourth-order valence-corrected chi connectivity index (χ4v) is 4.94. The summed E-state index contributed by atoms with van der Waals surface area (Å²) in [6, 6.07) is 7.83. The van der Waals surface area contributed by atoms with Crippen molar-refractivity contribution < 1.29 is 8.42 Å². The lowest BCUT2D eigenvalue weighted by molar-refractivity contribution is 0.578. The Hall–Kier alpha value is -1.23. The van der Waals surface area contributed by atoms with Crippen LogP contribution in [0.5, 0.6) is 0 Å². The average Bonchev–Trinajstić information content (AvgIpc) is 3.03. The van der Waals surface area contributed by atoms with Crippen molar-refractivity contribution in [2.45, 2.75) is 50.2 Å². The van der Waals surface area contributed by atoms with E-state index in [1.807, 2.05) is 18.2 Å². The highest BCUT2D eigenvalue weighted by Gasteiger charge is 2.28. The molecule has 0 bridgehead atoms. The second kappa shape index (κ2) is 6.26. The number of rotatable bonds is 4. The van der Waals surface area contributed by atoms with Gasteiger partial charge in [-0.1, -0.05) is 18.9 Å². The molecule has 1 aliphatic carbocycles. The zero-order chi connectivity index (χ0) is 14.7. The molecule has 1 N–H and O–H groups in total. The second-order valence-corrected chi connectivity index (χ2v) is 8.11. The standard InChI is InChI=1S/C16H24N2O2S/c19-21(20,16-9-2-3-10-16)17-14-7-6-8-15(13-14)18-11-4-1-5-12-18/h6-8,13,16-17H,1-5,9-12H2. The van der Waals surface area contributed by atoms with Gasteiger partial charge in [-0.3, -0.25) is 4.72 Å². The van der Waals surface area contributed by atoms with Gasteiger partial charge in [0.05, 0.1) is 10.9 Å². The lowest BCUT2D eigenvalue weighted by Crippen LogP contribution is -2.29. The predicted molar refractivity (Wildman–Crippen MR) is 87.3 cm³/mol. The van der Waals surface area contributed by atoms with Crippen molar-refractivity contribution in [3.63, 3.8) is 0 Å². The normalized spacial score (nSPS) is 20.7. The fraction of sp³-hybridized carbons (Fsp3) is 0.625. The third-order valence-electron chi connectivity index (χ3n) is 4.57. The summed E-state index contributed by atoms with van der Waals surface area (Å²) < 4.78 is 27.5. The van der Waals surface area contributed by atoms with Crippen molar-refractivity contribution in [2.75, 3.05) is 22.7 Å². The number of nitrogens with zero attached hydrogens (tertiary/aromatic N) is 1. The molecule has 0 atom stereocenters. The maximum Gasteiger partial charge on any atom is 0.235 e. The van der Waals surface area contributed by atoms with Crippen LogP contribution < -0.4 is 9.62 Å². The quantitative estimate of drug-likeness (QED) is 0.928. The maximum atomic E-state index is 12.4. The van der Waals surface area contributed by atoms with Crippen molar-refractivity contribution in [1.29, 1.82) is 0 Å². The van der Waals surface area contributed by atoms with Crippen molar-refractivity contribution in [3.05, 3.63) is 24.3 Å². The van der Waals surface area contributed by atoms with E-state index in [-0.39, 0.29) is 5.25 Å². The van der Waals surface area contributed by atoms with Crippen LogP contribution in [0.2, 0.25) is 0 Å². The predicted octanol–water partition coefficient (Wildman–Crippen LogP) is 3.36. The van der Waals surface area contributed by atoms with Crippen LogP contribution in [0.1, 0.15) is 44.9 Å². The number of hydrogen-bond acceptors (Lipinski definition) is 3. The Morgan fingerprint density at radius 1 is 1.00 bits per heavy atom. The number of benzene rings is 1. The Labute approximate surface area is 127 Å². The molecule has 21 heavy (non-hydrogen) atoms. The largest absolute Gasteiger partial charge is 0.371 e. The minimum atomic E-state index is -3.23. The molecule has 1 saturated carbocycles. The highest BCUT2D eigenvalue weighted by Crippen LogP contribution is 2.28. The van der Waals surface area contributed by atoms with Gasteiger partial charge in [0.15, 0.2) is 0 Å². The molecule has 1 aromatic rings. The molecular formula is C16H24N2O2S. The summed E-state index contributed by atoms with van der Waals surface area (Å²) in [5.41, 5.74) is 1.83. The minimum absolute atomic E-state index is 0.212. The maximum absolute atomic E-state index is 12.4. The zero-order valence-corrected chi connectivity index (χ0v) is 13.2. The van der Waals surface area contributed by atoms with Gasteiger partial charge in [-0.25, -0.2) is 8.42 Å². The third kappa shape index (κ3) is 3.51. The van der Waals surface area contributed by atoms with Gasteiger partial charge in [-0.15, -0.1) is 0 Å². The molecule has 116 valence electrons. The molecule has 1 saturated heterocycles. The van der Waals surface area contributed by atoms with E-state index in [1.54, 1.807) is 0 Å². The summed E-state index contributed by atoms with van der Waals surface area (Å²) in [5, 5.41) is -0.212. The summed E-state index contributed by atoms with van der Waals surface area (Å²) in [6.45, 7) is 2.14. The Bertz CT molecular complexity index is 574. The van der Waals surface area contributed by atoms with Gasteiger partial charge in [0.1, 0.15) is 0 Å². The van der Waals surface area contributed by atoms with Gasteiger partial charge in [0.2, 0.25) is 10.0 Å². The van der Waals surface area contributed by atoms with E-state index in [1.165, 1.54) is 19.3 Å². The van der Waals surface area contributed by atoms with E-state index in [2.05, 4.69) is 15.7 Å². The highest BCUT2D eigenvalue weighted by atomic mass is 32.2. The summed E-state index contributed by atoms with van der Waals surface area (Å²) in [4.78, 5) is 2.34. The molecule has 0 radical (unpaired) electrons. The van der Waals surface area contributed by atoms with Crippen LogP contribution in [0.4, 0.5) is 11.4 Å². The van der Waals surface area contributed by atoms with E-state index in [0.29, 0.717) is 5.69 Å². The van der Waals surface area contributed by atoms with Gasteiger partial charge >= 0.3 is 0 Å². The van der Waals surface area contributed by atoms with Crippen LogP contribution in [0.25, 0.3) is 0 Å². The Morgan fingerprint density at radius 3 is 2.43 bits per heavy atom. The molecule has 5 heteroatoms. The smallest absolute Gasteiger partial charge is 0.235 e. The zero-order valence-electron chi connectivity index (χ0n) is 12.4. The first-order valence-electron chi connectivity index (χ1n) is 8.02. The topological polar surface area (TPSA) is 49.4 Å². The molecule has 1 heterocycles. The van der Waals surface area contributed by atoms with Gasteiger partial charge in [-0.05, 0) is 50.3 Å². The van der Waals surface area contributed by atoms with Crippen LogP contribution in [0.15, 0.2) is 24.3 Å². The second-order valence-electron chi connectivity index (χ2n) is 6.15. The fourth-order valence-electron chi connectivity index (χ4n) is 3.36. The first kappa shape index (κ1) is 14.7. The van der Waals surface area contributed by atoms with E-state index < -0.39 is 10.0 Å². The molecule has 0 aromatic heterocycles. The molecule has 1 aromatic carbocycles. The van der Waals surface area contributed by atoms with Crippen LogP contribution in [-0.4, -0.2) is 26.8 Å². The Morgan fingerprint density at radius 2 is 1.71 bits per heavy atom. The van der Waals surface area contributed by atoms with Gasteiger partial charge in [0.25, 0.3) is 0 Å². The van der Waals surface area contributed by atoms with E-state index in [0.717, 1.165) is 44.5 Å². The molecule has 2 fully saturated rings. The first-order chi connectivity index (χ1) is 10.1. The number of piperidine rings is 1. The molecule has 0 spiro atoms. The number of nitrogens with one attached hydrogen (secondary N) is 1. The van der Waals surface area contributed by atoms with Gasteiger partial charge in [-0.2, -0.15) is 0 Å². The minimum Gasteiger partial charge on any atom is -0.371 e. The van der Waals surface area contributed by atoms with E-state index >= 15 is 0 Å². The monoisotopic (exact) mass is 308 g/mol. The van der Waals surface area contributed by atoms with E-state index in [4.69, 9.17) is 0 Å². The molecule has 3 rings (SSSR count). The average molecular weight is 308 g/mol.